The Morgan fingerprint density at radius 3 is 2.50 bits per heavy atom. The number of imidazole rings is 1. The molecule has 0 radical (unpaired) electrons. The van der Waals surface area contributed by atoms with Crippen molar-refractivity contribution in [2.45, 2.75) is 20.4 Å². The molecule has 2 aromatic carbocycles. The van der Waals surface area contributed by atoms with Crippen molar-refractivity contribution in [2.75, 3.05) is 7.11 Å². The van der Waals surface area contributed by atoms with Gasteiger partial charge < -0.3 is 21.9 Å². The van der Waals surface area contributed by atoms with Crippen LogP contribution in [0.1, 0.15) is 17.0 Å². The van der Waals surface area contributed by atoms with E-state index in [-0.39, 0.29) is 11.4 Å². The van der Waals surface area contributed by atoms with Crippen molar-refractivity contribution in [3.8, 4) is 11.1 Å². The zero-order valence-electron chi connectivity index (χ0n) is 18.1. The summed E-state index contributed by atoms with van der Waals surface area (Å²) in [7, 11) is 1.14. The molecule has 0 N–H and O–H groups in total. The van der Waals surface area contributed by atoms with Gasteiger partial charge >= 0.3 is 0 Å². The molecule has 9 heteroatoms. The normalized spacial score (nSPS) is 12.5. The van der Waals surface area contributed by atoms with Crippen LogP contribution in [0.4, 0.5) is 10.1 Å². The Labute approximate surface area is 186 Å². The smallest absolute Gasteiger partial charge is 0.253 e. The van der Waals surface area contributed by atoms with Crippen LogP contribution >= 0.6 is 0 Å². The number of rotatable bonds is 5. The summed E-state index contributed by atoms with van der Waals surface area (Å²) in [6.07, 6.45) is 1.75. The summed E-state index contributed by atoms with van der Waals surface area (Å²) in [5, 5.41) is 0. The number of nitrogens with zero attached hydrogens (tertiary/aromatic N) is 4. The minimum atomic E-state index is -1.87. The van der Waals surface area contributed by atoms with Crippen molar-refractivity contribution in [2.24, 2.45) is 11.4 Å². The fourth-order valence-corrected chi connectivity index (χ4v) is 4.06. The molecule has 0 aliphatic rings. The maximum absolute atomic E-state index is 13.3. The molecular formula is C23H22FN4O3S-. The molecule has 2 aromatic heterocycles. The van der Waals surface area contributed by atoms with Crippen LogP contribution in [0.3, 0.4) is 0 Å². The van der Waals surface area contributed by atoms with Gasteiger partial charge in [-0.3, -0.25) is 4.79 Å². The number of benzene rings is 2. The summed E-state index contributed by atoms with van der Waals surface area (Å²) in [6, 6.07) is 11.9. The van der Waals surface area contributed by atoms with E-state index in [1.807, 2.05) is 23.6 Å². The van der Waals surface area contributed by atoms with Crippen molar-refractivity contribution in [3.63, 3.8) is 0 Å². The number of fused-ring (bicyclic) bond motifs is 1. The van der Waals surface area contributed by atoms with Crippen LogP contribution in [0, 0.1) is 19.7 Å². The first kappa shape index (κ1) is 21.9. The third-order valence-corrected chi connectivity index (χ3v) is 5.92. The maximum Gasteiger partial charge on any atom is 0.253 e. The first-order chi connectivity index (χ1) is 15.3. The fourth-order valence-electron chi connectivity index (χ4n) is 3.68. The van der Waals surface area contributed by atoms with Crippen molar-refractivity contribution in [1.29, 1.82) is 0 Å². The van der Waals surface area contributed by atoms with Crippen LogP contribution in [-0.2, 0) is 32.9 Å². The van der Waals surface area contributed by atoms with Crippen molar-refractivity contribution < 1.29 is 12.8 Å². The first-order valence-corrected chi connectivity index (χ1v) is 10.9. The SMILES string of the molecule is CO[S-](=O)=Nc1cc(-c2cc(C)c(=O)n(C)c2)cc2c1nc(C)n2Cc1ccc(F)cc1. The molecule has 0 atom stereocenters. The number of aromatic nitrogens is 3. The Hall–Kier alpha value is -3.30. The van der Waals surface area contributed by atoms with E-state index in [9.17, 15) is 13.4 Å². The molecule has 0 spiro atoms. The van der Waals surface area contributed by atoms with E-state index in [1.54, 1.807) is 38.4 Å². The Balaban J connectivity index is 1.97. The lowest BCUT2D eigenvalue weighted by molar-refractivity contribution is 0.438. The van der Waals surface area contributed by atoms with E-state index in [0.29, 0.717) is 23.3 Å². The molecule has 0 aliphatic heterocycles. The minimum Gasteiger partial charge on any atom is -0.441 e. The third kappa shape index (κ3) is 4.21. The Morgan fingerprint density at radius 2 is 1.84 bits per heavy atom. The zero-order valence-corrected chi connectivity index (χ0v) is 18.9. The average molecular weight is 454 g/mol. The number of pyridine rings is 1. The van der Waals surface area contributed by atoms with Gasteiger partial charge in [-0.15, -0.1) is 0 Å². The highest BCUT2D eigenvalue weighted by Gasteiger charge is 2.14. The first-order valence-electron chi connectivity index (χ1n) is 9.88. The molecule has 0 saturated carbocycles. The molecular weight excluding hydrogens is 431 g/mol. The lowest BCUT2D eigenvalue weighted by Gasteiger charge is -2.12. The number of aryl methyl sites for hydroxylation is 3. The molecule has 166 valence electrons. The van der Waals surface area contributed by atoms with Crippen molar-refractivity contribution >= 4 is 27.6 Å². The molecule has 0 fully saturated rings. The molecule has 2 heterocycles. The highest BCUT2D eigenvalue weighted by molar-refractivity contribution is 7.69. The van der Waals surface area contributed by atoms with Crippen LogP contribution in [0.2, 0.25) is 0 Å². The summed E-state index contributed by atoms with van der Waals surface area (Å²) in [4.78, 5) is 16.8. The van der Waals surface area contributed by atoms with Gasteiger partial charge in [0.25, 0.3) is 5.56 Å². The summed E-state index contributed by atoms with van der Waals surface area (Å²) in [5.74, 6) is 0.439. The molecule has 7 nitrogen and oxygen atoms in total. The van der Waals surface area contributed by atoms with E-state index in [4.69, 9.17) is 4.18 Å². The monoisotopic (exact) mass is 453 g/mol. The lowest BCUT2D eigenvalue weighted by Crippen LogP contribution is -2.18. The Morgan fingerprint density at radius 1 is 1.12 bits per heavy atom. The molecule has 0 saturated heterocycles. The summed E-state index contributed by atoms with van der Waals surface area (Å²) >= 11 is 0. The number of hydrogen-bond acceptors (Lipinski definition) is 6. The highest BCUT2D eigenvalue weighted by atomic mass is 32.2. The van der Waals surface area contributed by atoms with Crippen molar-refractivity contribution in [1.82, 2.24) is 14.1 Å². The number of halogens is 1. The molecule has 0 aliphatic carbocycles. The van der Waals surface area contributed by atoms with E-state index < -0.39 is 10.9 Å². The Kier molecular flexibility index (Phi) is 5.94. The topological polar surface area (TPSA) is 78.5 Å². The van der Waals surface area contributed by atoms with Gasteiger partial charge in [0, 0.05) is 32.5 Å². The van der Waals surface area contributed by atoms with E-state index in [2.05, 4.69) is 9.35 Å². The predicted octanol–water partition coefficient (Wildman–Crippen LogP) is 4.55. The largest absolute Gasteiger partial charge is 0.441 e. The van der Waals surface area contributed by atoms with Gasteiger partial charge in [0.1, 0.15) is 17.2 Å². The molecule has 4 rings (SSSR count). The van der Waals surface area contributed by atoms with Crippen LogP contribution in [0.5, 0.6) is 0 Å². The summed E-state index contributed by atoms with van der Waals surface area (Å²) in [6.45, 7) is 4.11. The van der Waals surface area contributed by atoms with Gasteiger partial charge in [-0.05, 0) is 60.9 Å². The lowest BCUT2D eigenvalue weighted by atomic mass is 10.0. The summed E-state index contributed by atoms with van der Waals surface area (Å²) < 4.78 is 37.9. The van der Waals surface area contributed by atoms with Gasteiger partial charge in [-0.2, -0.15) is 0 Å². The number of hydrogen-bond donors (Lipinski definition) is 0. The van der Waals surface area contributed by atoms with Crippen molar-refractivity contribution in [3.05, 3.63) is 81.8 Å². The van der Waals surface area contributed by atoms with Crippen LogP contribution < -0.4 is 5.56 Å². The standard InChI is InChI=1S/C23H22FN4O3S/c1-14-9-18(13-27(3)23(14)29)17-10-20(26-32(30)31-4)22-21(11-17)28(15(2)25-22)12-16-5-7-19(24)8-6-16/h5-11,13H,12H2,1-4H3/q-1. The van der Waals surface area contributed by atoms with Gasteiger partial charge in [0.2, 0.25) is 0 Å². The van der Waals surface area contributed by atoms with Crippen LogP contribution in [0.15, 0.2) is 57.8 Å². The zero-order chi connectivity index (χ0) is 23.0. The van der Waals surface area contributed by atoms with Gasteiger partial charge in [-0.25, -0.2) is 9.37 Å². The average Bonchev–Trinajstić information content (AvgIpc) is 3.08. The van der Waals surface area contributed by atoms with E-state index >= 15 is 0 Å². The highest BCUT2D eigenvalue weighted by Crippen LogP contribution is 2.34. The van der Waals surface area contributed by atoms with Crippen LogP contribution in [-0.4, -0.2) is 21.2 Å². The van der Waals surface area contributed by atoms with E-state index in [0.717, 1.165) is 28.0 Å². The molecule has 0 amide bonds. The summed E-state index contributed by atoms with van der Waals surface area (Å²) in [5.41, 5.74) is 4.85. The molecule has 32 heavy (non-hydrogen) atoms. The maximum atomic E-state index is 13.3. The van der Waals surface area contributed by atoms with Gasteiger partial charge in [0.15, 0.2) is 0 Å². The molecule has 0 bridgehead atoms. The second-order valence-electron chi connectivity index (χ2n) is 7.54. The van der Waals surface area contributed by atoms with Gasteiger partial charge in [-0.1, -0.05) is 23.0 Å². The Bertz CT molecular complexity index is 1440. The second kappa shape index (κ2) is 8.68. The molecule has 0 unspecified atom stereocenters. The quantitative estimate of drug-likeness (QED) is 0.416. The predicted molar refractivity (Wildman–Crippen MR) is 123 cm³/mol. The molecule has 4 aromatic rings. The minimum absolute atomic E-state index is 0.0718. The second-order valence-corrected chi connectivity index (χ2v) is 8.49. The third-order valence-electron chi connectivity index (χ3n) is 5.29. The van der Waals surface area contributed by atoms with Gasteiger partial charge in [0.05, 0.1) is 11.2 Å². The van der Waals surface area contributed by atoms with Crippen LogP contribution in [0.25, 0.3) is 22.2 Å². The fraction of sp³-hybridized carbons (Fsp3) is 0.217. The van der Waals surface area contributed by atoms with E-state index in [1.165, 1.54) is 23.8 Å².